The molecule has 2 aromatic rings. The Morgan fingerprint density at radius 2 is 2.25 bits per heavy atom. The minimum atomic E-state index is 0.640. The van der Waals surface area contributed by atoms with Crippen molar-refractivity contribution in [2.45, 2.75) is 32.2 Å². The summed E-state index contributed by atoms with van der Waals surface area (Å²) < 4.78 is 0. The molecule has 1 aliphatic carbocycles. The molecule has 3 rings (SSSR count). The Bertz CT molecular complexity index is 525. The molecule has 0 saturated heterocycles. The number of aryl methyl sites for hydroxylation is 2. The Morgan fingerprint density at radius 1 is 1.38 bits per heavy atom. The molecule has 0 aliphatic heterocycles. The van der Waals surface area contributed by atoms with Gasteiger partial charge in [-0.1, -0.05) is 11.6 Å². The summed E-state index contributed by atoms with van der Waals surface area (Å²) in [6, 6.07) is 7.34. The van der Waals surface area contributed by atoms with Gasteiger partial charge in [0.1, 0.15) is 0 Å². The van der Waals surface area contributed by atoms with E-state index in [1.165, 1.54) is 35.0 Å². The van der Waals surface area contributed by atoms with Gasteiger partial charge in [0.15, 0.2) is 0 Å². The number of hydrogen-bond acceptors (Lipinski definition) is 1. The van der Waals surface area contributed by atoms with Crippen molar-refractivity contribution in [1.29, 1.82) is 0 Å². The molecule has 2 N–H and O–H groups in total. The van der Waals surface area contributed by atoms with Crippen molar-refractivity contribution in [3.63, 3.8) is 0 Å². The third-order valence-electron chi connectivity index (χ3n) is 3.75. The molecule has 0 bridgehead atoms. The van der Waals surface area contributed by atoms with Gasteiger partial charge in [-0.25, -0.2) is 0 Å². The van der Waals surface area contributed by atoms with E-state index < -0.39 is 0 Å². The highest BCUT2D eigenvalue weighted by atomic mass is 14.9. The van der Waals surface area contributed by atoms with Gasteiger partial charge in [0, 0.05) is 29.1 Å². The summed E-state index contributed by atoms with van der Waals surface area (Å²) in [5.74, 6) is 0. The first-order valence-corrected chi connectivity index (χ1v) is 6.05. The van der Waals surface area contributed by atoms with Crippen molar-refractivity contribution >= 4 is 10.9 Å². The van der Waals surface area contributed by atoms with E-state index in [1.54, 1.807) is 5.56 Å². The van der Waals surface area contributed by atoms with Crippen LogP contribution in [0.15, 0.2) is 18.2 Å². The van der Waals surface area contributed by atoms with Crippen LogP contribution in [-0.4, -0.2) is 18.1 Å². The third kappa shape index (κ3) is 1.45. The first-order chi connectivity index (χ1) is 7.78. The molecule has 1 aromatic carbocycles. The normalized spacial score (nSPS) is 20.0. The maximum absolute atomic E-state index is 3.57. The summed E-state index contributed by atoms with van der Waals surface area (Å²) in [6.45, 7) is 2.16. The monoisotopic (exact) mass is 214 g/mol. The lowest BCUT2D eigenvalue weighted by Gasteiger charge is -2.21. The van der Waals surface area contributed by atoms with Crippen LogP contribution in [0.2, 0.25) is 0 Å². The molecule has 0 spiro atoms. The van der Waals surface area contributed by atoms with E-state index in [-0.39, 0.29) is 0 Å². The van der Waals surface area contributed by atoms with Gasteiger partial charge < -0.3 is 10.3 Å². The Kier molecular flexibility index (Phi) is 2.25. The Balaban J connectivity index is 2.13. The van der Waals surface area contributed by atoms with Gasteiger partial charge in [-0.15, -0.1) is 0 Å². The number of aromatic amines is 1. The number of rotatable bonds is 1. The SMILES string of the molecule is CNC1CCc2c([nH]c3ccc(C)cc23)C1. The van der Waals surface area contributed by atoms with Gasteiger partial charge in [-0.2, -0.15) is 0 Å². The van der Waals surface area contributed by atoms with Gasteiger partial charge in [-0.3, -0.25) is 0 Å². The van der Waals surface area contributed by atoms with Crippen LogP contribution < -0.4 is 5.32 Å². The summed E-state index contributed by atoms with van der Waals surface area (Å²) >= 11 is 0. The maximum atomic E-state index is 3.57. The van der Waals surface area contributed by atoms with E-state index in [4.69, 9.17) is 0 Å². The predicted molar refractivity (Wildman–Crippen MR) is 67.9 cm³/mol. The van der Waals surface area contributed by atoms with Crippen molar-refractivity contribution in [3.05, 3.63) is 35.0 Å². The lowest BCUT2D eigenvalue weighted by molar-refractivity contribution is 0.493. The first-order valence-electron chi connectivity index (χ1n) is 6.05. The summed E-state index contributed by atoms with van der Waals surface area (Å²) in [6.07, 6.45) is 3.59. The van der Waals surface area contributed by atoms with Crippen LogP contribution in [0.5, 0.6) is 0 Å². The smallest absolute Gasteiger partial charge is 0.0459 e. The second kappa shape index (κ2) is 3.63. The molecule has 0 radical (unpaired) electrons. The molecule has 1 aromatic heterocycles. The van der Waals surface area contributed by atoms with Gasteiger partial charge in [0.25, 0.3) is 0 Å². The minimum absolute atomic E-state index is 0.640. The number of nitrogens with one attached hydrogen (secondary N) is 2. The summed E-state index contributed by atoms with van der Waals surface area (Å²) in [4.78, 5) is 3.57. The highest BCUT2D eigenvalue weighted by molar-refractivity contribution is 5.85. The van der Waals surface area contributed by atoms with E-state index in [1.807, 2.05) is 0 Å². The lowest BCUT2D eigenvalue weighted by atomic mass is 9.91. The van der Waals surface area contributed by atoms with Crippen LogP contribution in [0.3, 0.4) is 0 Å². The molecule has 0 saturated carbocycles. The first kappa shape index (κ1) is 9.91. The highest BCUT2D eigenvalue weighted by Gasteiger charge is 2.20. The lowest BCUT2D eigenvalue weighted by Crippen LogP contribution is -2.31. The van der Waals surface area contributed by atoms with Crippen molar-refractivity contribution in [1.82, 2.24) is 10.3 Å². The average Bonchev–Trinajstić information content (AvgIpc) is 2.66. The number of H-pyrrole nitrogens is 1. The van der Waals surface area contributed by atoms with E-state index in [2.05, 4.69) is 42.5 Å². The topological polar surface area (TPSA) is 27.8 Å². The van der Waals surface area contributed by atoms with E-state index in [9.17, 15) is 0 Å². The van der Waals surface area contributed by atoms with E-state index >= 15 is 0 Å². The minimum Gasteiger partial charge on any atom is -0.358 e. The van der Waals surface area contributed by atoms with Crippen LogP contribution in [0, 0.1) is 6.92 Å². The number of likely N-dealkylation sites (N-methyl/N-ethyl adjacent to an activating group) is 1. The maximum Gasteiger partial charge on any atom is 0.0459 e. The van der Waals surface area contributed by atoms with E-state index in [0.717, 1.165) is 6.42 Å². The van der Waals surface area contributed by atoms with Crippen LogP contribution in [0.4, 0.5) is 0 Å². The fourth-order valence-corrected chi connectivity index (χ4v) is 2.79. The number of fused-ring (bicyclic) bond motifs is 3. The molecule has 0 fully saturated rings. The average molecular weight is 214 g/mol. The van der Waals surface area contributed by atoms with Crippen molar-refractivity contribution < 1.29 is 0 Å². The van der Waals surface area contributed by atoms with Gasteiger partial charge in [0.05, 0.1) is 0 Å². The molecule has 1 heterocycles. The molecule has 0 amide bonds. The van der Waals surface area contributed by atoms with Gasteiger partial charge in [0.2, 0.25) is 0 Å². The fourth-order valence-electron chi connectivity index (χ4n) is 2.79. The predicted octanol–water partition coefficient (Wildman–Crippen LogP) is 2.55. The number of hydrogen-bond donors (Lipinski definition) is 2. The van der Waals surface area contributed by atoms with Crippen LogP contribution in [0.1, 0.15) is 23.2 Å². The number of aromatic nitrogens is 1. The quantitative estimate of drug-likeness (QED) is 0.750. The zero-order chi connectivity index (χ0) is 11.1. The fraction of sp³-hybridized carbons (Fsp3) is 0.429. The molecule has 2 heteroatoms. The molecular formula is C14H18N2. The second-order valence-electron chi connectivity index (χ2n) is 4.86. The van der Waals surface area contributed by atoms with Gasteiger partial charge in [-0.05, 0) is 44.5 Å². The molecule has 1 atom stereocenters. The Labute approximate surface area is 96.1 Å². The van der Waals surface area contributed by atoms with Gasteiger partial charge >= 0.3 is 0 Å². The second-order valence-corrected chi connectivity index (χ2v) is 4.86. The zero-order valence-electron chi connectivity index (χ0n) is 9.93. The van der Waals surface area contributed by atoms with Crippen LogP contribution >= 0.6 is 0 Å². The summed E-state index contributed by atoms with van der Waals surface area (Å²) in [5, 5.41) is 4.82. The molecule has 1 aliphatic rings. The largest absolute Gasteiger partial charge is 0.358 e. The summed E-state index contributed by atoms with van der Waals surface area (Å²) in [7, 11) is 2.06. The molecular weight excluding hydrogens is 196 g/mol. The number of benzene rings is 1. The Morgan fingerprint density at radius 3 is 3.06 bits per heavy atom. The molecule has 84 valence electrons. The van der Waals surface area contributed by atoms with Crippen LogP contribution in [-0.2, 0) is 12.8 Å². The third-order valence-corrected chi connectivity index (χ3v) is 3.75. The van der Waals surface area contributed by atoms with Crippen molar-refractivity contribution in [2.75, 3.05) is 7.05 Å². The highest BCUT2D eigenvalue weighted by Crippen LogP contribution is 2.29. The molecule has 2 nitrogen and oxygen atoms in total. The van der Waals surface area contributed by atoms with Crippen LogP contribution in [0.25, 0.3) is 10.9 Å². The molecule has 16 heavy (non-hydrogen) atoms. The zero-order valence-corrected chi connectivity index (χ0v) is 9.93. The molecule has 1 unspecified atom stereocenters. The summed E-state index contributed by atoms with van der Waals surface area (Å²) in [5.41, 5.74) is 5.63. The standard InChI is InChI=1S/C14H18N2/c1-9-3-6-13-12(7-9)11-5-4-10(15-2)8-14(11)16-13/h3,6-7,10,15-16H,4-5,8H2,1-2H3. The van der Waals surface area contributed by atoms with Crippen molar-refractivity contribution in [2.24, 2.45) is 0 Å². The Hall–Kier alpha value is -1.28. The van der Waals surface area contributed by atoms with E-state index in [0.29, 0.717) is 6.04 Å². The van der Waals surface area contributed by atoms with Crippen molar-refractivity contribution in [3.8, 4) is 0 Å².